The second-order valence-corrected chi connectivity index (χ2v) is 4.61. The Morgan fingerprint density at radius 3 is 2.65 bits per heavy atom. The Hall–Kier alpha value is -1.11. The van der Waals surface area contributed by atoms with E-state index < -0.39 is 17.0 Å². The van der Waals surface area contributed by atoms with Gasteiger partial charge < -0.3 is 14.6 Å². The summed E-state index contributed by atoms with van der Waals surface area (Å²) in [5, 5.41) is 9.41. The van der Waals surface area contributed by atoms with Gasteiger partial charge in [0.2, 0.25) is 0 Å². The van der Waals surface area contributed by atoms with Crippen LogP contribution in [-0.2, 0) is 11.1 Å². The Morgan fingerprint density at radius 1 is 1.53 bits per heavy atom. The first-order chi connectivity index (χ1) is 7.95. The van der Waals surface area contributed by atoms with Crippen LogP contribution in [0.15, 0.2) is 18.2 Å². The van der Waals surface area contributed by atoms with Gasteiger partial charge >= 0.3 is 5.97 Å². The van der Waals surface area contributed by atoms with Gasteiger partial charge in [-0.2, -0.15) is 0 Å². The van der Waals surface area contributed by atoms with Crippen molar-refractivity contribution in [1.82, 2.24) is 0 Å². The van der Waals surface area contributed by atoms with E-state index in [4.69, 9.17) is 21.3 Å². The first kappa shape index (κ1) is 14.0. The van der Waals surface area contributed by atoms with Gasteiger partial charge in [-0.3, -0.25) is 0 Å². The molecule has 94 valence electrons. The van der Waals surface area contributed by atoms with Crippen LogP contribution >= 0.6 is 11.6 Å². The summed E-state index contributed by atoms with van der Waals surface area (Å²) in [5.41, 5.74) is 0.400. The molecule has 0 aliphatic heterocycles. The highest BCUT2D eigenvalue weighted by Crippen LogP contribution is 2.25. The highest BCUT2D eigenvalue weighted by molar-refractivity contribution is 7.79. The van der Waals surface area contributed by atoms with Crippen LogP contribution in [-0.4, -0.2) is 32.3 Å². The predicted molar refractivity (Wildman–Crippen MR) is 67.1 cm³/mol. The molecule has 0 aromatic heterocycles. The third-order valence-electron chi connectivity index (χ3n) is 2.18. The quantitative estimate of drug-likeness (QED) is 0.806. The van der Waals surface area contributed by atoms with Crippen molar-refractivity contribution in [3.05, 3.63) is 28.8 Å². The van der Waals surface area contributed by atoms with Crippen molar-refractivity contribution in [2.24, 2.45) is 0 Å². The molecule has 0 amide bonds. The molecule has 7 heteroatoms. The van der Waals surface area contributed by atoms with Crippen molar-refractivity contribution < 1.29 is 18.7 Å². The SMILES string of the molecule is CCN(CS(=O)O)c1cc(Cl)ccc1C(=O)O. The lowest BCUT2D eigenvalue weighted by molar-refractivity contribution is 0.0697. The summed E-state index contributed by atoms with van der Waals surface area (Å²) in [7, 11) is 0. The van der Waals surface area contributed by atoms with Crippen LogP contribution in [0.4, 0.5) is 5.69 Å². The summed E-state index contributed by atoms with van der Waals surface area (Å²) in [6.07, 6.45) is 0. The summed E-state index contributed by atoms with van der Waals surface area (Å²) in [4.78, 5) is 12.5. The fraction of sp³-hybridized carbons (Fsp3) is 0.300. The first-order valence-electron chi connectivity index (χ1n) is 4.81. The van der Waals surface area contributed by atoms with Crippen LogP contribution in [0.25, 0.3) is 0 Å². The molecule has 1 aromatic carbocycles. The Labute approximate surface area is 106 Å². The summed E-state index contributed by atoms with van der Waals surface area (Å²) in [6, 6.07) is 4.32. The summed E-state index contributed by atoms with van der Waals surface area (Å²) in [6.45, 7) is 2.17. The van der Waals surface area contributed by atoms with Crippen LogP contribution in [0, 0.1) is 0 Å². The standard InChI is InChI=1S/C10H12ClNO4S/c1-2-12(6-17(15)16)9-5-7(11)3-4-8(9)10(13)14/h3-5H,2,6H2,1H3,(H,13,14)(H,15,16). The zero-order valence-electron chi connectivity index (χ0n) is 9.09. The summed E-state index contributed by atoms with van der Waals surface area (Å²) in [5.74, 6) is -1.25. The lowest BCUT2D eigenvalue weighted by atomic mass is 10.1. The smallest absolute Gasteiger partial charge is 0.337 e. The fourth-order valence-electron chi connectivity index (χ4n) is 1.41. The molecule has 0 aliphatic carbocycles. The minimum absolute atomic E-state index is 0.0571. The molecule has 5 nitrogen and oxygen atoms in total. The van der Waals surface area contributed by atoms with Gasteiger partial charge in [-0.05, 0) is 25.1 Å². The van der Waals surface area contributed by atoms with E-state index in [9.17, 15) is 9.00 Å². The molecule has 0 saturated carbocycles. The van der Waals surface area contributed by atoms with Gasteiger partial charge in [0.1, 0.15) is 5.88 Å². The van der Waals surface area contributed by atoms with E-state index in [1.165, 1.54) is 23.1 Å². The van der Waals surface area contributed by atoms with Crippen LogP contribution < -0.4 is 4.90 Å². The summed E-state index contributed by atoms with van der Waals surface area (Å²) >= 11 is 3.77. The molecule has 1 unspecified atom stereocenters. The number of carbonyl (C=O) groups is 1. The molecular formula is C10H12ClNO4S. The first-order valence-corrected chi connectivity index (χ1v) is 6.46. The molecule has 0 aliphatic rings. The van der Waals surface area contributed by atoms with Crippen molar-refractivity contribution in [2.75, 3.05) is 17.3 Å². The highest BCUT2D eigenvalue weighted by Gasteiger charge is 2.16. The van der Waals surface area contributed by atoms with Crippen LogP contribution in [0.5, 0.6) is 0 Å². The van der Waals surface area contributed by atoms with E-state index in [1.807, 2.05) is 0 Å². The second kappa shape index (κ2) is 6.00. The number of aromatic carboxylic acids is 1. The zero-order valence-corrected chi connectivity index (χ0v) is 10.7. The van der Waals surface area contributed by atoms with Gasteiger partial charge in [-0.1, -0.05) is 11.6 Å². The number of hydrogen-bond acceptors (Lipinski definition) is 3. The molecule has 2 N–H and O–H groups in total. The Kier molecular flexibility index (Phi) is 4.92. The number of rotatable bonds is 5. The van der Waals surface area contributed by atoms with E-state index in [0.717, 1.165) is 0 Å². The van der Waals surface area contributed by atoms with Crippen molar-refractivity contribution in [1.29, 1.82) is 0 Å². The molecular weight excluding hydrogens is 266 g/mol. The van der Waals surface area contributed by atoms with E-state index in [-0.39, 0.29) is 11.4 Å². The maximum Gasteiger partial charge on any atom is 0.337 e. The molecule has 1 atom stereocenters. The maximum absolute atomic E-state index is 11.0. The third kappa shape index (κ3) is 3.69. The van der Waals surface area contributed by atoms with Crippen molar-refractivity contribution >= 4 is 34.3 Å². The number of anilines is 1. The molecule has 0 fully saturated rings. The average Bonchev–Trinajstić information content (AvgIpc) is 2.25. The average molecular weight is 278 g/mol. The number of benzene rings is 1. The van der Waals surface area contributed by atoms with Gasteiger partial charge in [-0.25, -0.2) is 9.00 Å². The number of carboxylic acids is 1. The van der Waals surface area contributed by atoms with Gasteiger partial charge in [0.05, 0.1) is 11.3 Å². The monoisotopic (exact) mass is 277 g/mol. The molecule has 0 radical (unpaired) electrons. The molecule has 1 rings (SSSR count). The maximum atomic E-state index is 11.0. The number of halogens is 1. The lowest BCUT2D eigenvalue weighted by Gasteiger charge is -2.23. The van der Waals surface area contributed by atoms with Gasteiger partial charge in [-0.15, -0.1) is 0 Å². The van der Waals surface area contributed by atoms with Gasteiger partial charge in [0.15, 0.2) is 11.1 Å². The van der Waals surface area contributed by atoms with E-state index in [2.05, 4.69) is 0 Å². The third-order valence-corrected chi connectivity index (χ3v) is 2.95. The minimum Gasteiger partial charge on any atom is -0.478 e. The van der Waals surface area contributed by atoms with Crippen LogP contribution in [0.3, 0.4) is 0 Å². The van der Waals surface area contributed by atoms with Crippen LogP contribution in [0.2, 0.25) is 5.02 Å². The summed E-state index contributed by atoms with van der Waals surface area (Å²) < 4.78 is 19.7. The van der Waals surface area contributed by atoms with Crippen LogP contribution in [0.1, 0.15) is 17.3 Å². The number of hydrogen-bond donors (Lipinski definition) is 2. The van der Waals surface area contributed by atoms with Gasteiger partial charge in [0.25, 0.3) is 0 Å². The fourth-order valence-corrected chi connectivity index (χ4v) is 2.17. The van der Waals surface area contributed by atoms with Gasteiger partial charge in [0, 0.05) is 11.6 Å². The predicted octanol–water partition coefficient (Wildman–Crippen LogP) is 2.04. The Bertz CT molecular complexity index is 452. The van der Waals surface area contributed by atoms with E-state index in [0.29, 0.717) is 17.3 Å². The largest absolute Gasteiger partial charge is 0.478 e. The molecule has 0 heterocycles. The Morgan fingerprint density at radius 2 is 2.18 bits per heavy atom. The van der Waals surface area contributed by atoms with E-state index >= 15 is 0 Å². The normalized spacial score (nSPS) is 12.2. The topological polar surface area (TPSA) is 77.8 Å². The molecule has 0 saturated heterocycles. The molecule has 17 heavy (non-hydrogen) atoms. The van der Waals surface area contributed by atoms with E-state index in [1.54, 1.807) is 6.92 Å². The second-order valence-electron chi connectivity index (χ2n) is 3.27. The molecule has 0 spiro atoms. The zero-order chi connectivity index (χ0) is 13.0. The van der Waals surface area contributed by atoms with Crippen molar-refractivity contribution in [3.8, 4) is 0 Å². The highest BCUT2D eigenvalue weighted by atomic mass is 35.5. The number of nitrogens with zero attached hydrogens (tertiary/aromatic N) is 1. The van der Waals surface area contributed by atoms with Crippen molar-refractivity contribution in [2.45, 2.75) is 6.92 Å². The number of carboxylic acid groups (broad SMARTS) is 1. The molecule has 1 aromatic rings. The van der Waals surface area contributed by atoms with Crippen molar-refractivity contribution in [3.63, 3.8) is 0 Å². The molecule has 0 bridgehead atoms. The minimum atomic E-state index is -2.03. The Balaban J connectivity index is 3.20. The lowest BCUT2D eigenvalue weighted by Crippen LogP contribution is -2.28.